The third kappa shape index (κ3) is 4.47. The zero-order chi connectivity index (χ0) is 33.5. The van der Waals surface area contributed by atoms with Crippen molar-refractivity contribution in [1.29, 1.82) is 0 Å². The molecule has 0 aliphatic heterocycles. The van der Waals surface area contributed by atoms with E-state index in [4.69, 9.17) is 19.4 Å². The van der Waals surface area contributed by atoms with Crippen LogP contribution in [0.4, 0.5) is 0 Å². The van der Waals surface area contributed by atoms with Crippen LogP contribution in [0.15, 0.2) is 156 Å². The SMILES string of the molecule is c1ccc(-c2nc(-c3cccc4oc5c(-c6ccc7c(c6)sc6ccccc67)cccc5c34)nc(-c3cccc4sc5ccccc5c34)n2)cc1. The zero-order valence-electron chi connectivity index (χ0n) is 27.0. The Morgan fingerprint density at radius 3 is 1.80 bits per heavy atom. The Morgan fingerprint density at radius 2 is 0.961 bits per heavy atom. The molecule has 11 aromatic rings. The van der Waals surface area contributed by atoms with Crippen LogP contribution in [0.5, 0.6) is 0 Å². The summed E-state index contributed by atoms with van der Waals surface area (Å²) in [4.78, 5) is 15.5. The Balaban J connectivity index is 1.14. The Bertz CT molecular complexity index is 3160. The molecule has 4 heterocycles. The first-order valence-electron chi connectivity index (χ1n) is 16.9. The number of fused-ring (bicyclic) bond motifs is 9. The van der Waals surface area contributed by atoms with Gasteiger partial charge in [0, 0.05) is 73.4 Å². The fourth-order valence-corrected chi connectivity index (χ4v) is 9.73. The molecule has 0 bridgehead atoms. The maximum atomic E-state index is 6.73. The lowest BCUT2D eigenvalue weighted by molar-refractivity contribution is 0.670. The van der Waals surface area contributed by atoms with Crippen LogP contribution in [0.3, 0.4) is 0 Å². The first-order valence-corrected chi connectivity index (χ1v) is 18.5. The van der Waals surface area contributed by atoms with Gasteiger partial charge in [-0.15, -0.1) is 22.7 Å². The molecule has 0 aliphatic carbocycles. The zero-order valence-corrected chi connectivity index (χ0v) is 28.6. The van der Waals surface area contributed by atoms with E-state index < -0.39 is 0 Å². The van der Waals surface area contributed by atoms with Crippen LogP contribution in [0.1, 0.15) is 0 Å². The Kier molecular flexibility index (Phi) is 6.26. The van der Waals surface area contributed by atoms with Gasteiger partial charge in [-0.3, -0.25) is 0 Å². The average molecular weight is 688 g/mol. The highest BCUT2D eigenvalue weighted by Crippen LogP contribution is 2.43. The van der Waals surface area contributed by atoms with Crippen molar-refractivity contribution in [3.8, 4) is 45.3 Å². The second-order valence-corrected chi connectivity index (χ2v) is 14.9. The molecule has 11 rings (SSSR count). The van der Waals surface area contributed by atoms with Crippen LogP contribution in [0.2, 0.25) is 0 Å². The minimum atomic E-state index is 0.612. The fraction of sp³-hybridized carbons (Fsp3) is 0. The molecule has 0 amide bonds. The maximum absolute atomic E-state index is 6.73. The highest BCUT2D eigenvalue weighted by Gasteiger charge is 2.21. The molecule has 0 radical (unpaired) electrons. The van der Waals surface area contributed by atoms with Crippen LogP contribution in [-0.4, -0.2) is 15.0 Å². The molecule has 4 aromatic heterocycles. The second kappa shape index (κ2) is 11.2. The molecular formula is C45H25N3OS2. The first kappa shape index (κ1) is 28.6. The largest absolute Gasteiger partial charge is 0.455 e. The van der Waals surface area contributed by atoms with Gasteiger partial charge in [-0.1, -0.05) is 121 Å². The summed E-state index contributed by atoms with van der Waals surface area (Å²) >= 11 is 3.62. The van der Waals surface area contributed by atoms with Crippen LogP contribution in [0, 0.1) is 0 Å². The number of aromatic nitrogens is 3. The smallest absolute Gasteiger partial charge is 0.164 e. The molecule has 0 atom stereocenters. The van der Waals surface area contributed by atoms with Crippen LogP contribution < -0.4 is 0 Å². The molecule has 51 heavy (non-hydrogen) atoms. The Hall–Kier alpha value is -6.21. The number of hydrogen-bond acceptors (Lipinski definition) is 6. The van der Waals surface area contributed by atoms with E-state index in [1.165, 1.54) is 40.3 Å². The van der Waals surface area contributed by atoms with Crippen molar-refractivity contribution in [2.45, 2.75) is 0 Å². The lowest BCUT2D eigenvalue weighted by Gasteiger charge is -2.10. The van der Waals surface area contributed by atoms with Crippen molar-refractivity contribution in [2.24, 2.45) is 0 Å². The standard InChI is InChI=1S/C45H25N3OS2/c1-2-11-26(12-3-1)43-46-44(48-45(47-43)34-18-10-22-38-41(34)31-14-5-7-21-37(31)50-38)33-17-9-19-35-40(33)32-16-8-15-28(42(32)49-35)27-23-24-30-29-13-4-6-20-36(29)51-39(30)25-27/h1-25H. The molecule has 0 aliphatic rings. The summed E-state index contributed by atoms with van der Waals surface area (Å²) in [7, 11) is 0. The van der Waals surface area contributed by atoms with Gasteiger partial charge >= 0.3 is 0 Å². The van der Waals surface area contributed by atoms with E-state index in [9.17, 15) is 0 Å². The number of furan rings is 1. The molecule has 0 N–H and O–H groups in total. The molecule has 0 fully saturated rings. The van der Waals surface area contributed by atoms with E-state index >= 15 is 0 Å². The van der Waals surface area contributed by atoms with Gasteiger partial charge in [0.1, 0.15) is 11.2 Å². The van der Waals surface area contributed by atoms with Crippen molar-refractivity contribution in [1.82, 2.24) is 15.0 Å². The summed E-state index contributed by atoms with van der Waals surface area (Å²) in [5.41, 5.74) is 6.68. The molecule has 6 heteroatoms. The summed E-state index contributed by atoms with van der Waals surface area (Å²) in [6.07, 6.45) is 0. The van der Waals surface area contributed by atoms with Crippen molar-refractivity contribution >= 4 is 85.0 Å². The number of nitrogens with zero attached hydrogens (tertiary/aromatic N) is 3. The quantitative estimate of drug-likeness (QED) is 0.185. The summed E-state index contributed by atoms with van der Waals surface area (Å²) in [6, 6.07) is 53.1. The van der Waals surface area contributed by atoms with E-state index in [1.54, 1.807) is 11.3 Å². The predicted octanol–water partition coefficient (Wildman–Crippen LogP) is 13.2. The lowest BCUT2D eigenvalue weighted by Crippen LogP contribution is -2.00. The first-order chi connectivity index (χ1) is 25.3. The molecule has 0 spiro atoms. The Morgan fingerprint density at radius 1 is 0.373 bits per heavy atom. The van der Waals surface area contributed by atoms with Gasteiger partial charge in [-0.2, -0.15) is 0 Å². The van der Waals surface area contributed by atoms with Gasteiger partial charge < -0.3 is 4.42 Å². The molecular weight excluding hydrogens is 663 g/mol. The minimum Gasteiger partial charge on any atom is -0.455 e. The van der Waals surface area contributed by atoms with E-state index in [0.29, 0.717) is 17.5 Å². The number of benzene rings is 7. The van der Waals surface area contributed by atoms with Crippen molar-refractivity contribution in [3.63, 3.8) is 0 Å². The van der Waals surface area contributed by atoms with Crippen LogP contribution in [-0.2, 0) is 0 Å². The van der Waals surface area contributed by atoms with Crippen molar-refractivity contribution < 1.29 is 4.42 Å². The van der Waals surface area contributed by atoms with Gasteiger partial charge in [0.2, 0.25) is 0 Å². The monoisotopic (exact) mass is 687 g/mol. The van der Waals surface area contributed by atoms with Gasteiger partial charge in [0.25, 0.3) is 0 Å². The molecule has 0 unspecified atom stereocenters. The topological polar surface area (TPSA) is 51.8 Å². The van der Waals surface area contributed by atoms with E-state index in [2.05, 4.69) is 121 Å². The molecule has 238 valence electrons. The third-order valence-electron chi connectivity index (χ3n) is 9.76. The predicted molar refractivity (Wildman–Crippen MR) is 215 cm³/mol. The summed E-state index contributed by atoms with van der Waals surface area (Å²) in [5, 5.41) is 6.98. The van der Waals surface area contributed by atoms with Crippen molar-refractivity contribution in [2.75, 3.05) is 0 Å². The van der Waals surface area contributed by atoms with E-state index in [-0.39, 0.29) is 0 Å². The normalized spacial score (nSPS) is 11.9. The molecule has 4 nitrogen and oxygen atoms in total. The van der Waals surface area contributed by atoms with E-state index in [0.717, 1.165) is 49.8 Å². The van der Waals surface area contributed by atoms with Gasteiger partial charge in [-0.05, 0) is 35.9 Å². The Labute approximate surface area is 299 Å². The molecule has 7 aromatic carbocycles. The number of para-hydroxylation sites is 1. The maximum Gasteiger partial charge on any atom is 0.164 e. The van der Waals surface area contributed by atoms with Gasteiger partial charge in [0.15, 0.2) is 17.5 Å². The lowest BCUT2D eigenvalue weighted by atomic mass is 9.99. The third-order valence-corrected chi connectivity index (χ3v) is 12.0. The number of hydrogen-bond donors (Lipinski definition) is 0. The van der Waals surface area contributed by atoms with Crippen LogP contribution >= 0.6 is 22.7 Å². The molecule has 0 saturated heterocycles. The minimum absolute atomic E-state index is 0.612. The highest BCUT2D eigenvalue weighted by molar-refractivity contribution is 7.26. The average Bonchev–Trinajstić information content (AvgIpc) is 3.89. The van der Waals surface area contributed by atoms with Crippen LogP contribution in [0.25, 0.3) is 108 Å². The number of rotatable bonds is 4. The highest BCUT2D eigenvalue weighted by atomic mass is 32.1. The molecule has 0 saturated carbocycles. The summed E-state index contributed by atoms with van der Waals surface area (Å²) in [6.45, 7) is 0. The summed E-state index contributed by atoms with van der Waals surface area (Å²) in [5.74, 6) is 1.89. The summed E-state index contributed by atoms with van der Waals surface area (Å²) < 4.78 is 11.7. The van der Waals surface area contributed by atoms with Crippen molar-refractivity contribution in [3.05, 3.63) is 152 Å². The fourth-order valence-electron chi connectivity index (χ4n) is 7.45. The second-order valence-electron chi connectivity index (χ2n) is 12.7. The van der Waals surface area contributed by atoms with Gasteiger partial charge in [-0.25, -0.2) is 15.0 Å². The number of thiophene rings is 2. The van der Waals surface area contributed by atoms with Gasteiger partial charge in [0.05, 0.1) is 0 Å². The van der Waals surface area contributed by atoms with E-state index in [1.807, 2.05) is 41.7 Å².